The molecule has 104 valence electrons. The number of amides is 1. The van der Waals surface area contributed by atoms with Gasteiger partial charge in [0.2, 0.25) is 5.91 Å². The fourth-order valence-corrected chi connectivity index (χ4v) is 2.09. The number of carbonyl (C=O) groups is 2. The van der Waals surface area contributed by atoms with Gasteiger partial charge in [0.05, 0.1) is 5.92 Å². The smallest absolute Gasteiger partial charge is 0.323 e. The number of benzene rings is 1. The molecule has 0 aromatic heterocycles. The third-order valence-electron chi connectivity index (χ3n) is 2.85. The zero-order valence-corrected chi connectivity index (χ0v) is 11.9. The van der Waals surface area contributed by atoms with Gasteiger partial charge in [0.25, 0.3) is 0 Å². The lowest BCUT2D eigenvalue weighted by Gasteiger charge is -2.24. The van der Waals surface area contributed by atoms with E-state index in [0.717, 1.165) is 12.0 Å². The van der Waals surface area contributed by atoms with Crippen LogP contribution < -0.4 is 0 Å². The molecule has 0 aliphatic rings. The van der Waals surface area contributed by atoms with Crippen molar-refractivity contribution < 1.29 is 14.7 Å². The second kappa shape index (κ2) is 7.14. The molecule has 1 atom stereocenters. The Labute approximate surface area is 118 Å². The number of halogens is 1. The first kappa shape index (κ1) is 15.5. The van der Waals surface area contributed by atoms with Crippen LogP contribution in [0.5, 0.6) is 0 Å². The van der Waals surface area contributed by atoms with Crippen molar-refractivity contribution in [2.24, 2.45) is 0 Å². The summed E-state index contributed by atoms with van der Waals surface area (Å²) < 4.78 is 0. The largest absolute Gasteiger partial charge is 0.480 e. The molecule has 1 N–H and O–H groups in total. The minimum absolute atomic E-state index is 0.188. The Balaban J connectivity index is 2.86. The Morgan fingerprint density at radius 3 is 2.63 bits per heavy atom. The third-order valence-corrected chi connectivity index (χ3v) is 3.09. The highest BCUT2D eigenvalue weighted by molar-refractivity contribution is 6.30. The average molecular weight is 284 g/mol. The molecule has 0 bridgehead atoms. The summed E-state index contributed by atoms with van der Waals surface area (Å²) in [5.74, 6) is -1.59. The molecule has 1 amide bonds. The number of carbonyl (C=O) groups excluding carboxylic acids is 1. The highest BCUT2D eigenvalue weighted by Crippen LogP contribution is 2.21. The molecule has 0 spiro atoms. The number of aliphatic carboxylic acids is 1. The van der Waals surface area contributed by atoms with Gasteiger partial charge in [-0.25, -0.2) is 0 Å². The normalized spacial score (nSPS) is 11.9. The van der Waals surface area contributed by atoms with Crippen molar-refractivity contribution in [2.75, 3.05) is 13.1 Å². The fourth-order valence-electron chi connectivity index (χ4n) is 1.89. The van der Waals surface area contributed by atoms with Crippen LogP contribution in [0.3, 0.4) is 0 Å². The Morgan fingerprint density at radius 2 is 2.11 bits per heavy atom. The van der Waals surface area contributed by atoms with E-state index in [1.165, 1.54) is 4.90 Å². The lowest BCUT2D eigenvalue weighted by molar-refractivity contribution is -0.145. The van der Waals surface area contributed by atoms with Crippen LogP contribution in [0.1, 0.15) is 31.7 Å². The number of rotatable bonds is 6. The number of hydrogen-bond acceptors (Lipinski definition) is 2. The maximum Gasteiger partial charge on any atom is 0.323 e. The standard InChI is InChI=1S/C14H18ClNO3/c1-3-7-16(9-13(17)18)14(19)10(2)11-5-4-6-12(15)8-11/h4-6,8,10H,3,7,9H2,1-2H3,(H,17,18). The van der Waals surface area contributed by atoms with E-state index in [0.29, 0.717) is 11.6 Å². The van der Waals surface area contributed by atoms with Gasteiger partial charge in [0.1, 0.15) is 6.54 Å². The summed E-state index contributed by atoms with van der Waals surface area (Å²) in [6.45, 7) is 3.85. The average Bonchev–Trinajstić information content (AvgIpc) is 2.36. The van der Waals surface area contributed by atoms with Crippen molar-refractivity contribution in [1.29, 1.82) is 0 Å². The first-order chi connectivity index (χ1) is 8.95. The summed E-state index contributed by atoms with van der Waals surface area (Å²) in [5, 5.41) is 9.41. The quantitative estimate of drug-likeness (QED) is 0.873. The molecule has 0 aliphatic carbocycles. The molecule has 5 heteroatoms. The molecule has 0 saturated heterocycles. The van der Waals surface area contributed by atoms with Gasteiger partial charge < -0.3 is 10.0 Å². The maximum absolute atomic E-state index is 12.3. The molecule has 1 aromatic carbocycles. The Hall–Kier alpha value is -1.55. The molecule has 0 radical (unpaired) electrons. The number of carboxylic acid groups (broad SMARTS) is 1. The van der Waals surface area contributed by atoms with Crippen molar-refractivity contribution in [3.63, 3.8) is 0 Å². The minimum atomic E-state index is -1.000. The topological polar surface area (TPSA) is 57.6 Å². The van der Waals surface area contributed by atoms with Crippen molar-refractivity contribution in [1.82, 2.24) is 4.90 Å². The number of nitrogens with zero attached hydrogens (tertiary/aromatic N) is 1. The Bertz CT molecular complexity index is 462. The monoisotopic (exact) mass is 283 g/mol. The van der Waals surface area contributed by atoms with Crippen molar-refractivity contribution in [3.8, 4) is 0 Å². The van der Waals surface area contributed by atoms with Crippen LogP contribution in [0, 0.1) is 0 Å². The van der Waals surface area contributed by atoms with Gasteiger partial charge in [0.15, 0.2) is 0 Å². The zero-order valence-electron chi connectivity index (χ0n) is 11.1. The van der Waals surface area contributed by atoms with Crippen LogP contribution in [0.25, 0.3) is 0 Å². The summed E-state index contributed by atoms with van der Waals surface area (Å²) in [4.78, 5) is 24.5. The summed E-state index contributed by atoms with van der Waals surface area (Å²) in [6, 6.07) is 7.07. The van der Waals surface area contributed by atoms with E-state index in [9.17, 15) is 9.59 Å². The first-order valence-electron chi connectivity index (χ1n) is 6.21. The van der Waals surface area contributed by atoms with Crippen LogP contribution >= 0.6 is 11.6 Å². The lowest BCUT2D eigenvalue weighted by Crippen LogP contribution is -2.38. The van der Waals surface area contributed by atoms with E-state index in [1.807, 2.05) is 13.0 Å². The molecule has 1 unspecified atom stereocenters. The van der Waals surface area contributed by atoms with Crippen LogP contribution in [-0.4, -0.2) is 35.0 Å². The SMILES string of the molecule is CCCN(CC(=O)O)C(=O)C(C)c1cccc(Cl)c1. The van der Waals surface area contributed by atoms with Crippen LogP contribution in [0.2, 0.25) is 5.02 Å². The van der Waals surface area contributed by atoms with Gasteiger partial charge in [-0.2, -0.15) is 0 Å². The van der Waals surface area contributed by atoms with E-state index < -0.39 is 11.9 Å². The van der Waals surface area contributed by atoms with E-state index in [1.54, 1.807) is 25.1 Å². The van der Waals surface area contributed by atoms with Gasteiger partial charge in [-0.05, 0) is 31.0 Å². The number of hydrogen-bond donors (Lipinski definition) is 1. The summed E-state index contributed by atoms with van der Waals surface area (Å²) >= 11 is 5.90. The minimum Gasteiger partial charge on any atom is -0.480 e. The molecular weight excluding hydrogens is 266 g/mol. The van der Waals surface area contributed by atoms with Gasteiger partial charge in [-0.15, -0.1) is 0 Å². The molecule has 1 rings (SSSR count). The molecule has 4 nitrogen and oxygen atoms in total. The van der Waals surface area contributed by atoms with Gasteiger partial charge >= 0.3 is 5.97 Å². The third kappa shape index (κ3) is 4.56. The van der Waals surface area contributed by atoms with E-state index in [2.05, 4.69) is 0 Å². The van der Waals surface area contributed by atoms with Crippen molar-refractivity contribution in [3.05, 3.63) is 34.9 Å². The van der Waals surface area contributed by atoms with E-state index >= 15 is 0 Å². The maximum atomic E-state index is 12.3. The van der Waals surface area contributed by atoms with Crippen LogP contribution in [0.15, 0.2) is 24.3 Å². The highest BCUT2D eigenvalue weighted by atomic mass is 35.5. The molecule has 0 fully saturated rings. The molecule has 0 heterocycles. The predicted molar refractivity (Wildman–Crippen MR) is 74.4 cm³/mol. The Kier molecular flexibility index (Phi) is 5.83. The second-order valence-corrected chi connectivity index (χ2v) is 4.87. The van der Waals surface area contributed by atoms with Crippen molar-refractivity contribution >= 4 is 23.5 Å². The van der Waals surface area contributed by atoms with E-state index in [-0.39, 0.29) is 12.5 Å². The molecule has 1 aromatic rings. The highest BCUT2D eigenvalue weighted by Gasteiger charge is 2.23. The molecular formula is C14H18ClNO3. The number of carboxylic acids is 1. The summed E-state index contributed by atoms with van der Waals surface area (Å²) in [6.07, 6.45) is 0.723. The second-order valence-electron chi connectivity index (χ2n) is 4.43. The zero-order chi connectivity index (χ0) is 14.4. The van der Waals surface area contributed by atoms with Gasteiger partial charge in [-0.1, -0.05) is 30.7 Å². The van der Waals surface area contributed by atoms with Crippen LogP contribution in [0.4, 0.5) is 0 Å². The lowest BCUT2D eigenvalue weighted by atomic mass is 9.99. The fraction of sp³-hybridized carbons (Fsp3) is 0.429. The molecule has 0 saturated carbocycles. The Morgan fingerprint density at radius 1 is 1.42 bits per heavy atom. The molecule has 0 aliphatic heterocycles. The summed E-state index contributed by atoms with van der Waals surface area (Å²) in [7, 11) is 0. The van der Waals surface area contributed by atoms with E-state index in [4.69, 9.17) is 16.7 Å². The summed E-state index contributed by atoms with van der Waals surface area (Å²) in [5.41, 5.74) is 0.795. The van der Waals surface area contributed by atoms with Gasteiger partial charge in [-0.3, -0.25) is 9.59 Å². The van der Waals surface area contributed by atoms with Gasteiger partial charge in [0, 0.05) is 11.6 Å². The van der Waals surface area contributed by atoms with Crippen LogP contribution in [-0.2, 0) is 9.59 Å². The first-order valence-corrected chi connectivity index (χ1v) is 6.59. The molecule has 19 heavy (non-hydrogen) atoms. The van der Waals surface area contributed by atoms with Crippen molar-refractivity contribution in [2.45, 2.75) is 26.2 Å². The predicted octanol–water partition coefficient (Wildman–Crippen LogP) is 2.77.